The summed E-state index contributed by atoms with van der Waals surface area (Å²) in [6, 6.07) is 3.84. The molecule has 0 fully saturated rings. The molecule has 0 radical (unpaired) electrons. The van der Waals surface area contributed by atoms with Crippen molar-refractivity contribution < 1.29 is 0 Å². The Labute approximate surface area is 140 Å². The predicted molar refractivity (Wildman–Crippen MR) is 93.9 cm³/mol. The summed E-state index contributed by atoms with van der Waals surface area (Å²) in [6.45, 7) is 7.49. The number of fused-ring (bicyclic) bond motifs is 3. The van der Waals surface area contributed by atoms with Gasteiger partial charge in [0.25, 0.3) is 0 Å². The number of unbranched alkanes of at least 4 members (excludes halogenated alkanes) is 1. The second kappa shape index (κ2) is 5.70. The van der Waals surface area contributed by atoms with E-state index in [0.717, 1.165) is 41.6 Å². The third-order valence-electron chi connectivity index (χ3n) is 4.62. The van der Waals surface area contributed by atoms with Crippen molar-refractivity contribution in [3.63, 3.8) is 0 Å². The van der Waals surface area contributed by atoms with Crippen molar-refractivity contribution in [2.24, 2.45) is 0 Å². The molecule has 0 atom stereocenters. The lowest BCUT2D eigenvalue weighted by atomic mass is 10.2. The van der Waals surface area contributed by atoms with Crippen LogP contribution in [-0.2, 0) is 6.54 Å². The number of aromatic nitrogens is 6. The summed E-state index contributed by atoms with van der Waals surface area (Å²) >= 11 is 0. The third-order valence-corrected chi connectivity index (χ3v) is 4.62. The predicted octanol–water partition coefficient (Wildman–Crippen LogP) is 3.56. The van der Waals surface area contributed by atoms with Gasteiger partial charge in [0.2, 0.25) is 0 Å². The lowest BCUT2D eigenvalue weighted by molar-refractivity contribution is 0.631. The summed E-state index contributed by atoms with van der Waals surface area (Å²) < 4.78 is 4.07. The molecule has 0 aliphatic rings. The Bertz CT molecular complexity index is 1010. The Hall–Kier alpha value is -2.76. The van der Waals surface area contributed by atoms with Gasteiger partial charge in [-0.2, -0.15) is 0 Å². The zero-order valence-electron chi connectivity index (χ0n) is 14.2. The van der Waals surface area contributed by atoms with Gasteiger partial charge in [-0.05, 0) is 38.0 Å². The average molecular weight is 320 g/mol. The van der Waals surface area contributed by atoms with Gasteiger partial charge in [0.15, 0.2) is 11.5 Å². The van der Waals surface area contributed by atoms with Crippen LogP contribution in [0.5, 0.6) is 0 Å². The lowest BCUT2D eigenvalue weighted by Crippen LogP contribution is -2.01. The Kier molecular flexibility index (Phi) is 3.52. The molecule has 0 spiro atoms. The number of hydrogen-bond acceptors (Lipinski definition) is 4. The molecule has 0 saturated carbocycles. The minimum absolute atomic E-state index is 0.699. The maximum absolute atomic E-state index is 4.78. The number of rotatable bonds is 4. The molecule has 0 saturated heterocycles. The first kappa shape index (κ1) is 14.8. The maximum atomic E-state index is 4.78. The van der Waals surface area contributed by atoms with E-state index in [2.05, 4.69) is 40.4 Å². The van der Waals surface area contributed by atoms with Crippen molar-refractivity contribution in [3.05, 3.63) is 42.1 Å². The van der Waals surface area contributed by atoms with Crippen LogP contribution in [0.25, 0.3) is 28.1 Å². The SMILES string of the molecule is CCCCn1c(C)c(C)c2c1ncn1nc(-c3ccncc3)nc21. The van der Waals surface area contributed by atoms with Crippen LogP contribution >= 0.6 is 0 Å². The van der Waals surface area contributed by atoms with Crippen molar-refractivity contribution in [2.45, 2.75) is 40.2 Å². The van der Waals surface area contributed by atoms with E-state index in [1.165, 1.54) is 11.3 Å². The zero-order chi connectivity index (χ0) is 16.7. The third kappa shape index (κ3) is 2.18. The van der Waals surface area contributed by atoms with Gasteiger partial charge in [0, 0.05) is 30.2 Å². The van der Waals surface area contributed by atoms with Crippen LogP contribution in [0.4, 0.5) is 0 Å². The van der Waals surface area contributed by atoms with E-state index in [4.69, 9.17) is 4.98 Å². The van der Waals surface area contributed by atoms with E-state index in [9.17, 15) is 0 Å². The molecule has 122 valence electrons. The highest BCUT2D eigenvalue weighted by atomic mass is 15.3. The second-order valence-corrected chi connectivity index (χ2v) is 6.10. The quantitative estimate of drug-likeness (QED) is 0.577. The number of pyridine rings is 1. The smallest absolute Gasteiger partial charge is 0.182 e. The molecule has 6 heteroatoms. The fourth-order valence-electron chi connectivity index (χ4n) is 3.14. The van der Waals surface area contributed by atoms with Crippen LogP contribution in [0.1, 0.15) is 31.0 Å². The van der Waals surface area contributed by atoms with Gasteiger partial charge < -0.3 is 4.57 Å². The van der Waals surface area contributed by atoms with Crippen molar-refractivity contribution >= 4 is 16.7 Å². The molecular formula is C18H20N6. The van der Waals surface area contributed by atoms with E-state index in [1.54, 1.807) is 23.2 Å². The zero-order valence-corrected chi connectivity index (χ0v) is 14.2. The molecule has 0 aliphatic heterocycles. The Morgan fingerprint density at radius 2 is 1.88 bits per heavy atom. The molecule has 4 heterocycles. The van der Waals surface area contributed by atoms with E-state index in [1.807, 2.05) is 12.1 Å². The molecule has 0 bridgehead atoms. The van der Waals surface area contributed by atoms with Crippen LogP contribution < -0.4 is 0 Å². The van der Waals surface area contributed by atoms with Gasteiger partial charge in [0.1, 0.15) is 12.0 Å². The minimum Gasteiger partial charge on any atom is -0.329 e. The van der Waals surface area contributed by atoms with Gasteiger partial charge in [-0.25, -0.2) is 14.5 Å². The average Bonchev–Trinajstić information content (AvgIpc) is 3.14. The monoisotopic (exact) mass is 320 g/mol. The molecule has 4 aromatic heterocycles. The fraction of sp³-hybridized carbons (Fsp3) is 0.333. The van der Waals surface area contributed by atoms with Crippen LogP contribution in [0.3, 0.4) is 0 Å². The first-order valence-corrected chi connectivity index (χ1v) is 8.32. The van der Waals surface area contributed by atoms with Gasteiger partial charge in [-0.15, -0.1) is 5.10 Å². The second-order valence-electron chi connectivity index (χ2n) is 6.10. The van der Waals surface area contributed by atoms with Gasteiger partial charge in [-0.3, -0.25) is 4.98 Å². The molecule has 0 aromatic carbocycles. The van der Waals surface area contributed by atoms with Gasteiger partial charge in [-0.1, -0.05) is 13.3 Å². The van der Waals surface area contributed by atoms with Crippen molar-refractivity contribution in [1.29, 1.82) is 0 Å². The molecule has 0 unspecified atom stereocenters. The number of aryl methyl sites for hydroxylation is 2. The highest BCUT2D eigenvalue weighted by molar-refractivity contribution is 5.94. The summed E-state index contributed by atoms with van der Waals surface area (Å²) in [5.41, 5.74) is 5.31. The van der Waals surface area contributed by atoms with Crippen LogP contribution in [0, 0.1) is 13.8 Å². The summed E-state index contributed by atoms with van der Waals surface area (Å²) in [7, 11) is 0. The molecule has 24 heavy (non-hydrogen) atoms. The Balaban J connectivity index is 1.96. The number of nitrogens with zero attached hydrogens (tertiary/aromatic N) is 6. The van der Waals surface area contributed by atoms with Crippen LogP contribution in [-0.4, -0.2) is 29.1 Å². The Morgan fingerprint density at radius 1 is 1.08 bits per heavy atom. The van der Waals surface area contributed by atoms with E-state index >= 15 is 0 Å². The topological polar surface area (TPSA) is 60.9 Å². The summed E-state index contributed by atoms with van der Waals surface area (Å²) in [5.74, 6) is 0.699. The van der Waals surface area contributed by atoms with Crippen LogP contribution in [0.2, 0.25) is 0 Å². The molecule has 0 N–H and O–H groups in total. The van der Waals surface area contributed by atoms with Crippen molar-refractivity contribution in [1.82, 2.24) is 29.1 Å². The van der Waals surface area contributed by atoms with Gasteiger partial charge in [0.05, 0.1) is 5.39 Å². The number of hydrogen-bond donors (Lipinski definition) is 0. The molecular weight excluding hydrogens is 300 g/mol. The van der Waals surface area contributed by atoms with Gasteiger partial charge >= 0.3 is 0 Å². The largest absolute Gasteiger partial charge is 0.329 e. The highest BCUT2D eigenvalue weighted by Gasteiger charge is 2.18. The first-order valence-electron chi connectivity index (χ1n) is 8.32. The summed E-state index contributed by atoms with van der Waals surface area (Å²) in [4.78, 5) is 13.5. The minimum atomic E-state index is 0.699. The summed E-state index contributed by atoms with van der Waals surface area (Å²) in [5, 5.41) is 5.68. The van der Waals surface area contributed by atoms with Crippen molar-refractivity contribution in [2.75, 3.05) is 0 Å². The fourth-order valence-corrected chi connectivity index (χ4v) is 3.14. The van der Waals surface area contributed by atoms with Crippen molar-refractivity contribution in [3.8, 4) is 11.4 Å². The van der Waals surface area contributed by atoms with Crippen LogP contribution in [0.15, 0.2) is 30.9 Å². The Morgan fingerprint density at radius 3 is 2.62 bits per heavy atom. The maximum Gasteiger partial charge on any atom is 0.182 e. The lowest BCUT2D eigenvalue weighted by Gasteiger charge is -2.06. The van der Waals surface area contributed by atoms with E-state index < -0.39 is 0 Å². The highest BCUT2D eigenvalue weighted by Crippen LogP contribution is 2.28. The van der Waals surface area contributed by atoms with E-state index in [0.29, 0.717) is 5.82 Å². The molecule has 4 rings (SSSR count). The molecule has 0 aliphatic carbocycles. The molecule has 4 aromatic rings. The normalized spacial score (nSPS) is 11.6. The standard InChI is InChI=1S/C18H20N6/c1-4-5-10-23-13(3)12(2)15-17(23)20-11-24-18(15)21-16(22-24)14-6-8-19-9-7-14/h6-9,11H,4-5,10H2,1-3H3. The molecule has 6 nitrogen and oxygen atoms in total. The molecule has 0 amide bonds. The summed E-state index contributed by atoms with van der Waals surface area (Å²) in [6.07, 6.45) is 7.58. The first-order chi connectivity index (χ1) is 11.7. The van der Waals surface area contributed by atoms with E-state index in [-0.39, 0.29) is 0 Å².